The average Bonchev–Trinajstić information content (AvgIpc) is 2.68. The van der Waals surface area contributed by atoms with Crippen molar-refractivity contribution in [3.63, 3.8) is 0 Å². The van der Waals surface area contributed by atoms with Gasteiger partial charge in [-0.15, -0.1) is 0 Å². The van der Waals surface area contributed by atoms with E-state index in [9.17, 15) is 24.3 Å². The third kappa shape index (κ3) is 11.4. The highest BCUT2D eigenvalue weighted by Gasteiger charge is 2.31. The molecule has 4 unspecified atom stereocenters. The van der Waals surface area contributed by atoms with Gasteiger partial charge in [0, 0.05) is 5.75 Å². The number of aliphatic carboxylic acids is 1. The predicted molar refractivity (Wildman–Crippen MR) is 122 cm³/mol. The number of carbonyl (C=O) groups is 4. The molecule has 0 radical (unpaired) electrons. The molecular formula is C20H39N5O5S. The van der Waals surface area contributed by atoms with Gasteiger partial charge in [-0.3, -0.25) is 14.4 Å². The van der Waals surface area contributed by atoms with Gasteiger partial charge < -0.3 is 32.5 Å². The molecule has 11 heteroatoms. The number of thiol groups is 1. The van der Waals surface area contributed by atoms with Crippen molar-refractivity contribution < 1.29 is 24.3 Å². The summed E-state index contributed by atoms with van der Waals surface area (Å²) >= 11 is 3.99. The van der Waals surface area contributed by atoms with Gasteiger partial charge >= 0.3 is 5.97 Å². The first kappa shape index (κ1) is 29.1. The number of hydrogen-bond donors (Lipinski definition) is 7. The van der Waals surface area contributed by atoms with Crippen LogP contribution in [-0.4, -0.2) is 65.3 Å². The third-order valence-corrected chi connectivity index (χ3v) is 5.08. The molecule has 180 valence electrons. The quantitative estimate of drug-likeness (QED) is 0.128. The minimum atomic E-state index is -1.15. The summed E-state index contributed by atoms with van der Waals surface area (Å²) in [5, 5.41) is 17.2. The second-order valence-electron chi connectivity index (χ2n) is 8.39. The minimum Gasteiger partial charge on any atom is -0.480 e. The molecule has 0 bridgehead atoms. The molecule has 0 aliphatic rings. The summed E-state index contributed by atoms with van der Waals surface area (Å²) in [6.45, 7) is 7.72. The monoisotopic (exact) mass is 461 g/mol. The molecule has 0 aliphatic heterocycles. The Bertz CT molecular complexity index is 603. The maximum Gasteiger partial charge on any atom is 0.326 e. The summed E-state index contributed by atoms with van der Waals surface area (Å²) in [4.78, 5) is 49.3. The molecule has 3 amide bonds. The smallest absolute Gasteiger partial charge is 0.326 e. The maximum atomic E-state index is 12.9. The van der Waals surface area contributed by atoms with Crippen molar-refractivity contribution in [1.82, 2.24) is 16.0 Å². The van der Waals surface area contributed by atoms with Crippen LogP contribution in [-0.2, 0) is 19.2 Å². The predicted octanol–water partition coefficient (Wildman–Crippen LogP) is -0.386. The highest BCUT2D eigenvalue weighted by Crippen LogP contribution is 2.10. The van der Waals surface area contributed by atoms with Gasteiger partial charge in [0.2, 0.25) is 17.7 Å². The summed E-state index contributed by atoms with van der Waals surface area (Å²) in [5.41, 5.74) is 11.1. The highest BCUT2D eigenvalue weighted by molar-refractivity contribution is 7.80. The van der Waals surface area contributed by atoms with Crippen LogP contribution in [0.15, 0.2) is 0 Å². The highest BCUT2D eigenvalue weighted by atomic mass is 32.1. The van der Waals surface area contributed by atoms with Crippen LogP contribution in [0.4, 0.5) is 0 Å². The van der Waals surface area contributed by atoms with Gasteiger partial charge in [0.15, 0.2) is 0 Å². The molecule has 0 aromatic rings. The van der Waals surface area contributed by atoms with E-state index in [1.54, 1.807) is 13.8 Å². The molecule has 4 atom stereocenters. The number of unbranched alkanes of at least 4 members (excludes halogenated alkanes) is 1. The molecule has 0 saturated heterocycles. The molecule has 8 N–H and O–H groups in total. The van der Waals surface area contributed by atoms with Crippen molar-refractivity contribution in [3.05, 3.63) is 0 Å². The minimum absolute atomic E-state index is 0.0567. The summed E-state index contributed by atoms with van der Waals surface area (Å²) < 4.78 is 0. The van der Waals surface area contributed by atoms with Crippen LogP contribution in [0.5, 0.6) is 0 Å². The van der Waals surface area contributed by atoms with Crippen molar-refractivity contribution in [2.24, 2.45) is 23.3 Å². The van der Waals surface area contributed by atoms with E-state index in [1.807, 2.05) is 13.8 Å². The van der Waals surface area contributed by atoms with E-state index < -0.39 is 47.9 Å². The third-order valence-electron chi connectivity index (χ3n) is 4.68. The Kier molecular flexibility index (Phi) is 14.1. The number of amides is 3. The zero-order chi connectivity index (χ0) is 24.1. The number of nitrogens with one attached hydrogen (secondary N) is 3. The van der Waals surface area contributed by atoms with Gasteiger partial charge in [0.1, 0.15) is 18.1 Å². The lowest BCUT2D eigenvalue weighted by atomic mass is 9.99. The Morgan fingerprint density at radius 2 is 1.48 bits per heavy atom. The number of carboxylic acids is 1. The molecule has 0 spiro atoms. The lowest BCUT2D eigenvalue weighted by Gasteiger charge is -2.27. The van der Waals surface area contributed by atoms with E-state index >= 15 is 0 Å². The number of carboxylic acid groups (broad SMARTS) is 1. The molecule has 31 heavy (non-hydrogen) atoms. The van der Waals surface area contributed by atoms with Crippen LogP contribution in [0.1, 0.15) is 53.4 Å². The Hall–Kier alpha value is -1.85. The number of nitrogens with two attached hydrogens (primary N) is 2. The second-order valence-corrected chi connectivity index (χ2v) is 8.76. The molecule has 0 saturated carbocycles. The van der Waals surface area contributed by atoms with Crippen LogP contribution >= 0.6 is 12.6 Å². The Morgan fingerprint density at radius 1 is 0.903 bits per heavy atom. The van der Waals surface area contributed by atoms with E-state index in [4.69, 9.17) is 11.5 Å². The fourth-order valence-corrected chi connectivity index (χ4v) is 3.03. The van der Waals surface area contributed by atoms with Crippen LogP contribution in [0.25, 0.3) is 0 Å². The molecule has 0 aliphatic carbocycles. The van der Waals surface area contributed by atoms with Crippen LogP contribution in [0, 0.1) is 11.8 Å². The summed E-state index contributed by atoms with van der Waals surface area (Å²) in [6, 6.07) is -3.78. The van der Waals surface area contributed by atoms with Crippen LogP contribution in [0.2, 0.25) is 0 Å². The molecule has 0 rings (SSSR count). The van der Waals surface area contributed by atoms with E-state index in [0.717, 1.165) is 0 Å². The van der Waals surface area contributed by atoms with Crippen LogP contribution in [0.3, 0.4) is 0 Å². The fraction of sp³-hybridized carbons (Fsp3) is 0.800. The molecule has 0 heterocycles. The average molecular weight is 462 g/mol. The van der Waals surface area contributed by atoms with Gasteiger partial charge in [-0.1, -0.05) is 27.7 Å². The largest absolute Gasteiger partial charge is 0.480 e. The molecule has 0 aromatic heterocycles. The van der Waals surface area contributed by atoms with Crippen molar-refractivity contribution in [2.45, 2.75) is 77.5 Å². The SMILES string of the molecule is CC(C)CC(NC(=O)C(NC(=O)C(N)CS)C(C)C)C(=O)NC(CCCCN)C(=O)O. The van der Waals surface area contributed by atoms with E-state index in [-0.39, 0.29) is 24.0 Å². The lowest BCUT2D eigenvalue weighted by Crippen LogP contribution is -2.58. The van der Waals surface area contributed by atoms with Crippen molar-refractivity contribution in [2.75, 3.05) is 12.3 Å². The van der Waals surface area contributed by atoms with Gasteiger partial charge in [-0.05, 0) is 44.1 Å². The molecule has 10 nitrogen and oxygen atoms in total. The van der Waals surface area contributed by atoms with Crippen molar-refractivity contribution in [3.8, 4) is 0 Å². The van der Waals surface area contributed by atoms with E-state index in [2.05, 4.69) is 28.6 Å². The van der Waals surface area contributed by atoms with Gasteiger partial charge in [0.05, 0.1) is 6.04 Å². The Labute approximate surface area is 190 Å². The summed E-state index contributed by atoms with van der Waals surface area (Å²) in [6.07, 6.45) is 1.76. The zero-order valence-corrected chi connectivity index (χ0v) is 19.8. The lowest BCUT2D eigenvalue weighted by molar-refractivity contribution is -0.142. The first-order valence-electron chi connectivity index (χ1n) is 10.6. The normalized spacial score (nSPS) is 15.1. The fourth-order valence-electron chi connectivity index (χ4n) is 2.87. The maximum absolute atomic E-state index is 12.9. The van der Waals surface area contributed by atoms with Gasteiger partial charge in [-0.25, -0.2) is 4.79 Å². The van der Waals surface area contributed by atoms with Crippen LogP contribution < -0.4 is 27.4 Å². The zero-order valence-electron chi connectivity index (χ0n) is 18.9. The second kappa shape index (κ2) is 15.0. The first-order valence-corrected chi connectivity index (χ1v) is 11.3. The van der Waals surface area contributed by atoms with E-state index in [1.165, 1.54) is 0 Å². The summed E-state index contributed by atoms with van der Waals surface area (Å²) in [7, 11) is 0. The van der Waals surface area contributed by atoms with Gasteiger partial charge in [-0.2, -0.15) is 12.6 Å². The van der Waals surface area contributed by atoms with Gasteiger partial charge in [0.25, 0.3) is 0 Å². The summed E-state index contributed by atoms with van der Waals surface area (Å²) in [5.74, 6) is -2.86. The van der Waals surface area contributed by atoms with Crippen molar-refractivity contribution in [1.29, 1.82) is 0 Å². The Morgan fingerprint density at radius 3 is 1.94 bits per heavy atom. The number of hydrogen-bond acceptors (Lipinski definition) is 7. The standard InChI is InChI=1S/C20H39N5O5S/c1-11(2)9-15(18(27)23-14(20(29)30)7-5-6-8-21)24-19(28)16(12(3)4)25-17(26)13(22)10-31/h11-16,31H,5-10,21-22H2,1-4H3,(H,23,27)(H,24,28)(H,25,26)(H,29,30). The molecule has 0 aromatic carbocycles. The topological polar surface area (TPSA) is 177 Å². The molecule has 0 fully saturated rings. The number of rotatable bonds is 15. The Balaban J connectivity index is 5.34. The van der Waals surface area contributed by atoms with Crippen molar-refractivity contribution >= 4 is 36.3 Å². The number of carbonyl (C=O) groups excluding carboxylic acids is 3. The molecular weight excluding hydrogens is 422 g/mol. The van der Waals surface area contributed by atoms with E-state index in [0.29, 0.717) is 25.8 Å². The first-order chi connectivity index (χ1) is 14.4.